The first kappa shape index (κ1) is 66.4. The summed E-state index contributed by atoms with van der Waals surface area (Å²) in [6.45, 7) is 1.90. The predicted molar refractivity (Wildman–Crippen MR) is 276 cm³/mol. The van der Waals surface area contributed by atoms with E-state index in [-0.39, 0.29) is 37.4 Å². The van der Waals surface area contributed by atoms with E-state index in [4.69, 9.17) is 5.11 Å². The molecule has 0 spiro atoms. The second-order valence-electron chi connectivity index (χ2n) is 18.2. The standard InChI is InChI=1S/C49H66N10O19S/c1-25(2)16-30(45(73)57-32(18-27-12-8-5-9-13-27)46(74)59-35(49(77)78)22-41(68)69)53-36(60)24-52-44(72)31(17-26-10-6-4-7-11-26)54-37(61)23-51-43(71)29(14-15-79-3)55-47(75)34(21-40(66)67)58-48(76)33(20-39(64)65)56-42(70)28(50)19-38(62)63/h4-13,25,28-35H,14-24,50H2,1-3H3,(H,51,71)(H,52,72)(H,53,60)(H,54,61)(H,55,75)(H,56,70)(H,57,73)(H,58,76)(H,59,74)(H,62,63)(H,64,65)(H,66,67)(H,68,69)(H,77,78)/p+1/t28-,29-,30-,31-,32-,33-,34-,35-/m0/s1. The number of amides is 9. The van der Waals surface area contributed by atoms with Gasteiger partial charge in [0.05, 0.1) is 32.4 Å². The summed E-state index contributed by atoms with van der Waals surface area (Å²) < 4.78 is 0. The minimum Gasteiger partial charge on any atom is -0.481 e. The molecule has 2 aromatic carbocycles. The number of hydrogen-bond donors (Lipinski definition) is 15. The number of carbonyl (C=O) groups excluding carboxylic acids is 9. The average Bonchev–Trinajstić information content (AvgIpc) is 3.37. The number of nitrogens with one attached hydrogen (secondary N) is 9. The molecule has 0 unspecified atom stereocenters. The Kier molecular flexibility index (Phi) is 28.7. The van der Waals surface area contributed by atoms with Crippen LogP contribution in [0.4, 0.5) is 0 Å². The topological polar surface area (TPSA) is 476 Å². The molecule has 0 fully saturated rings. The quantitative estimate of drug-likeness (QED) is 0.0306. The van der Waals surface area contributed by atoms with Gasteiger partial charge in [-0.25, -0.2) is 4.79 Å². The van der Waals surface area contributed by atoms with Crippen molar-refractivity contribution in [2.45, 2.75) is 114 Å². The molecule has 0 aliphatic carbocycles. The number of carboxylic acids is 5. The number of aliphatic carboxylic acids is 5. The molecular weight excluding hydrogens is 1060 g/mol. The van der Waals surface area contributed by atoms with Crippen LogP contribution < -0.4 is 53.6 Å². The average molecular weight is 1130 g/mol. The third-order valence-electron chi connectivity index (χ3n) is 11.1. The minimum absolute atomic E-state index is 0.00802. The maximum atomic E-state index is 13.8. The highest BCUT2D eigenvalue weighted by Crippen LogP contribution is 2.11. The summed E-state index contributed by atoms with van der Waals surface area (Å²) in [5.74, 6) is -17.2. The van der Waals surface area contributed by atoms with Crippen molar-refractivity contribution in [3.8, 4) is 0 Å². The van der Waals surface area contributed by atoms with Gasteiger partial charge in [-0.15, -0.1) is 0 Å². The molecule has 432 valence electrons. The Balaban J connectivity index is 2.24. The first-order chi connectivity index (χ1) is 37.2. The third kappa shape index (κ3) is 26.3. The van der Waals surface area contributed by atoms with Gasteiger partial charge in [0.2, 0.25) is 47.3 Å². The lowest BCUT2D eigenvalue weighted by Crippen LogP contribution is -2.69. The molecule has 17 N–H and O–H groups in total. The van der Waals surface area contributed by atoms with E-state index in [0.29, 0.717) is 11.1 Å². The predicted octanol–water partition coefficient (Wildman–Crippen LogP) is -4.51. The highest BCUT2D eigenvalue weighted by atomic mass is 32.2. The molecule has 29 nitrogen and oxygen atoms in total. The smallest absolute Gasteiger partial charge is 0.326 e. The Labute approximate surface area is 456 Å². The fourth-order valence-electron chi connectivity index (χ4n) is 7.22. The molecule has 8 atom stereocenters. The first-order valence-electron chi connectivity index (χ1n) is 24.3. The lowest BCUT2D eigenvalue weighted by molar-refractivity contribution is -0.403. The number of rotatable bonds is 36. The van der Waals surface area contributed by atoms with Crippen LogP contribution in [0.2, 0.25) is 0 Å². The lowest BCUT2D eigenvalue weighted by atomic mass is 10.0. The van der Waals surface area contributed by atoms with Gasteiger partial charge in [0.25, 0.3) is 5.91 Å². The minimum atomic E-state index is -1.97. The summed E-state index contributed by atoms with van der Waals surface area (Å²) in [5, 5.41) is 67.3. The summed E-state index contributed by atoms with van der Waals surface area (Å²) >= 11 is 1.23. The Hall–Kier alpha value is -8.67. The molecule has 9 amide bonds. The molecule has 0 saturated heterocycles. The summed E-state index contributed by atoms with van der Waals surface area (Å²) in [6, 6.07) is 3.65. The molecule has 2 aromatic rings. The Morgan fingerprint density at radius 1 is 0.443 bits per heavy atom. The van der Waals surface area contributed by atoms with Gasteiger partial charge in [-0.2, -0.15) is 11.8 Å². The van der Waals surface area contributed by atoms with E-state index < -0.39 is 170 Å². The van der Waals surface area contributed by atoms with Gasteiger partial charge in [-0.3, -0.25) is 62.3 Å². The van der Waals surface area contributed by atoms with Crippen molar-refractivity contribution in [3.05, 3.63) is 71.8 Å². The van der Waals surface area contributed by atoms with Crippen LogP contribution in [0.1, 0.15) is 63.5 Å². The van der Waals surface area contributed by atoms with E-state index >= 15 is 0 Å². The number of carboxylic acid groups (broad SMARTS) is 5. The summed E-state index contributed by atoms with van der Waals surface area (Å²) in [5.41, 5.74) is 4.43. The first-order valence-corrected chi connectivity index (χ1v) is 25.7. The van der Waals surface area contributed by atoms with Crippen molar-refractivity contribution in [1.29, 1.82) is 0 Å². The molecule has 0 aliphatic heterocycles. The molecule has 2 rings (SSSR count). The monoisotopic (exact) mass is 1130 g/mol. The highest BCUT2D eigenvalue weighted by molar-refractivity contribution is 7.98. The van der Waals surface area contributed by atoms with E-state index in [1.54, 1.807) is 80.8 Å². The van der Waals surface area contributed by atoms with E-state index in [0.717, 1.165) is 0 Å². The van der Waals surface area contributed by atoms with E-state index in [9.17, 15) is 87.5 Å². The van der Waals surface area contributed by atoms with Crippen molar-refractivity contribution < 1.29 is 98.4 Å². The van der Waals surface area contributed by atoms with Gasteiger partial charge in [0, 0.05) is 12.8 Å². The molecule has 0 aromatic heterocycles. The zero-order valence-corrected chi connectivity index (χ0v) is 44.1. The van der Waals surface area contributed by atoms with Gasteiger partial charge in [0.1, 0.15) is 48.7 Å². The summed E-state index contributed by atoms with van der Waals surface area (Å²) in [6.07, 6.45) is -2.70. The second kappa shape index (κ2) is 34.2. The maximum absolute atomic E-state index is 13.8. The zero-order chi connectivity index (χ0) is 59.4. The zero-order valence-electron chi connectivity index (χ0n) is 43.3. The SMILES string of the molecule is CSCC[C@H](NC(=O)[C@H](CC(=O)O)NC(=O)[C@H](CC(=O)O)NC(=O)[C@@H]([NH3+])CC(=O)O)C(=O)NCC(=O)N[C@@H](Cc1ccccc1)C(=O)NCC(=O)N[C@@H](CC(C)C)C(=O)N[C@@H](Cc1ccccc1)C(=O)N[C@@H](CC(=O)O)C(=O)O. The van der Waals surface area contributed by atoms with Crippen LogP contribution in [-0.4, -0.2) is 182 Å². The molecule has 79 heavy (non-hydrogen) atoms. The largest absolute Gasteiger partial charge is 0.481 e. The van der Waals surface area contributed by atoms with Crippen LogP contribution in [0.25, 0.3) is 0 Å². The van der Waals surface area contributed by atoms with Crippen molar-refractivity contribution in [1.82, 2.24) is 47.9 Å². The molecule has 0 aliphatic rings. The van der Waals surface area contributed by atoms with E-state index in [1.165, 1.54) is 11.8 Å². The lowest BCUT2D eigenvalue weighted by Gasteiger charge is -2.25. The Morgan fingerprint density at radius 2 is 0.797 bits per heavy atom. The number of quaternary nitrogens is 1. The summed E-state index contributed by atoms with van der Waals surface area (Å²) in [4.78, 5) is 178. The summed E-state index contributed by atoms with van der Waals surface area (Å²) in [7, 11) is 0. The van der Waals surface area contributed by atoms with Crippen LogP contribution in [0.3, 0.4) is 0 Å². The van der Waals surface area contributed by atoms with E-state index in [1.807, 2.05) is 10.6 Å². The van der Waals surface area contributed by atoms with Crippen molar-refractivity contribution in [2.24, 2.45) is 5.92 Å². The molecule has 30 heteroatoms. The second-order valence-corrected chi connectivity index (χ2v) is 19.2. The van der Waals surface area contributed by atoms with Crippen LogP contribution >= 0.6 is 11.8 Å². The fraction of sp³-hybridized carbons (Fsp3) is 0.469. The van der Waals surface area contributed by atoms with Crippen LogP contribution in [0, 0.1) is 5.92 Å². The normalized spacial score (nSPS) is 13.8. The third-order valence-corrected chi connectivity index (χ3v) is 11.8. The number of carbonyl (C=O) groups is 14. The number of thioether (sulfide) groups is 1. The van der Waals surface area contributed by atoms with Crippen molar-refractivity contribution in [3.63, 3.8) is 0 Å². The van der Waals surface area contributed by atoms with Crippen molar-refractivity contribution >= 4 is 94.8 Å². The van der Waals surface area contributed by atoms with Gasteiger partial charge in [-0.05, 0) is 41.9 Å². The molecule has 0 radical (unpaired) electrons. The number of benzene rings is 2. The molecule has 0 saturated carbocycles. The number of hydrogen-bond acceptors (Lipinski definition) is 15. The van der Waals surface area contributed by atoms with Gasteiger partial charge in [0.15, 0.2) is 6.04 Å². The van der Waals surface area contributed by atoms with Gasteiger partial charge in [-0.1, -0.05) is 74.5 Å². The maximum Gasteiger partial charge on any atom is 0.326 e. The highest BCUT2D eigenvalue weighted by Gasteiger charge is 2.35. The van der Waals surface area contributed by atoms with Crippen molar-refractivity contribution in [2.75, 3.05) is 25.1 Å². The van der Waals surface area contributed by atoms with Crippen LogP contribution in [0.5, 0.6) is 0 Å². The molecule has 0 bridgehead atoms. The van der Waals surface area contributed by atoms with Gasteiger partial charge >= 0.3 is 29.8 Å². The fourth-order valence-corrected chi connectivity index (χ4v) is 7.69. The van der Waals surface area contributed by atoms with Crippen LogP contribution in [-0.2, 0) is 80.0 Å². The van der Waals surface area contributed by atoms with E-state index in [2.05, 4.69) is 43.0 Å². The van der Waals surface area contributed by atoms with Gasteiger partial charge < -0.3 is 79.1 Å². The molecule has 0 heterocycles. The van der Waals surface area contributed by atoms with Crippen LogP contribution in [0.15, 0.2) is 60.7 Å². The molecular formula is C49H67N10O19S+. The Bertz CT molecular complexity index is 2500. The Morgan fingerprint density at radius 3 is 1.23 bits per heavy atom.